The van der Waals surface area contributed by atoms with Gasteiger partial charge in [-0.2, -0.15) is 0 Å². The maximum atomic E-state index is 12.3. The molecular formula is C21H27FO4. The fourth-order valence-electron chi connectivity index (χ4n) is 6.06. The number of phenols is 1. The highest BCUT2D eigenvalue weighted by atomic mass is 19.1. The van der Waals surface area contributed by atoms with E-state index in [1.807, 2.05) is 12.1 Å². The van der Waals surface area contributed by atoms with E-state index >= 15 is 0 Å². The van der Waals surface area contributed by atoms with Crippen LogP contribution < -0.4 is 0 Å². The molecule has 1 aromatic rings. The Bertz CT molecular complexity index is 705. The molecule has 6 atom stereocenters. The van der Waals surface area contributed by atoms with Crippen molar-refractivity contribution in [2.75, 3.05) is 13.3 Å². The van der Waals surface area contributed by atoms with Crippen molar-refractivity contribution in [3.8, 4) is 5.75 Å². The van der Waals surface area contributed by atoms with Crippen molar-refractivity contribution in [2.24, 2.45) is 23.2 Å². The van der Waals surface area contributed by atoms with E-state index in [-0.39, 0.29) is 17.9 Å². The molecule has 2 N–H and O–H groups in total. The lowest BCUT2D eigenvalue weighted by atomic mass is 9.55. The summed E-state index contributed by atoms with van der Waals surface area (Å²) in [5.74, 6) is 0.431. The molecule has 0 amide bonds. The van der Waals surface area contributed by atoms with E-state index < -0.39 is 24.7 Å². The lowest BCUT2D eigenvalue weighted by Gasteiger charge is -2.50. The van der Waals surface area contributed by atoms with Crippen molar-refractivity contribution in [3.05, 3.63) is 29.3 Å². The highest BCUT2D eigenvalue weighted by Gasteiger charge is 2.59. The predicted molar refractivity (Wildman–Crippen MR) is 94.5 cm³/mol. The molecule has 4 rings (SSSR count). The molecule has 0 aromatic heterocycles. The third-order valence-electron chi connectivity index (χ3n) is 7.34. The zero-order valence-electron chi connectivity index (χ0n) is 15.2. The van der Waals surface area contributed by atoms with Crippen molar-refractivity contribution in [2.45, 2.75) is 51.0 Å². The lowest BCUT2D eigenvalue weighted by Crippen LogP contribution is -2.44. The summed E-state index contributed by atoms with van der Waals surface area (Å²) in [7, 11) is 0. The van der Waals surface area contributed by atoms with Crippen molar-refractivity contribution in [1.82, 2.24) is 0 Å². The first-order valence-electron chi connectivity index (χ1n) is 9.68. The number of phenolic OH excluding ortho intramolecular Hbond substituents is 1. The number of halogens is 1. The van der Waals surface area contributed by atoms with Crippen LogP contribution in [0, 0.1) is 23.2 Å². The Labute approximate surface area is 153 Å². The van der Waals surface area contributed by atoms with Crippen molar-refractivity contribution in [3.63, 3.8) is 0 Å². The third kappa shape index (κ3) is 2.63. The van der Waals surface area contributed by atoms with E-state index in [4.69, 9.17) is 4.74 Å². The number of fused-ring (bicyclic) bond motifs is 5. The Morgan fingerprint density at radius 3 is 2.96 bits per heavy atom. The second-order valence-electron chi connectivity index (χ2n) is 8.49. The Kier molecular flexibility index (Phi) is 4.46. The summed E-state index contributed by atoms with van der Waals surface area (Å²) in [6.45, 7) is 1.18. The number of aromatic hydroxyl groups is 1. The van der Waals surface area contributed by atoms with Gasteiger partial charge in [0.1, 0.15) is 19.0 Å². The van der Waals surface area contributed by atoms with Crippen LogP contribution in [0.3, 0.4) is 0 Å². The quantitative estimate of drug-likeness (QED) is 0.810. The summed E-state index contributed by atoms with van der Waals surface area (Å²) < 4.78 is 17.3. The number of rotatable bonds is 3. The Morgan fingerprint density at radius 1 is 1.38 bits per heavy atom. The smallest absolute Gasteiger partial charge is 0.311 e. The number of esters is 1. The Hall–Kier alpha value is -1.62. The van der Waals surface area contributed by atoms with Gasteiger partial charge in [0.25, 0.3) is 0 Å². The van der Waals surface area contributed by atoms with Gasteiger partial charge >= 0.3 is 5.97 Å². The molecule has 4 nitrogen and oxygen atoms in total. The molecule has 0 aliphatic heterocycles. The van der Waals surface area contributed by atoms with Gasteiger partial charge < -0.3 is 14.9 Å². The number of ether oxygens (including phenoxy) is 1. The van der Waals surface area contributed by atoms with Gasteiger partial charge in [0, 0.05) is 0 Å². The molecule has 5 heteroatoms. The highest BCUT2D eigenvalue weighted by Crippen LogP contribution is 2.62. The number of aliphatic hydroxyl groups is 1. The molecule has 3 aliphatic carbocycles. The molecular weight excluding hydrogens is 335 g/mol. The lowest BCUT2D eigenvalue weighted by molar-refractivity contribution is -0.153. The number of hydrogen-bond donors (Lipinski definition) is 2. The van der Waals surface area contributed by atoms with Crippen LogP contribution in [0.4, 0.5) is 4.39 Å². The van der Waals surface area contributed by atoms with Gasteiger partial charge in [0.15, 0.2) is 0 Å². The topological polar surface area (TPSA) is 66.8 Å². The first kappa shape index (κ1) is 17.8. The Balaban J connectivity index is 1.60. The minimum atomic E-state index is -0.721. The average Bonchev–Trinajstić information content (AvgIpc) is 2.91. The molecule has 142 valence electrons. The van der Waals surface area contributed by atoms with E-state index in [0.29, 0.717) is 24.0 Å². The maximum Gasteiger partial charge on any atom is 0.311 e. The van der Waals surface area contributed by atoms with Crippen LogP contribution in [0.25, 0.3) is 0 Å². The number of carbonyl (C=O) groups excluding carboxylic acids is 1. The van der Waals surface area contributed by atoms with Crippen LogP contribution >= 0.6 is 0 Å². The number of carbonyl (C=O) groups is 1. The molecule has 1 aromatic carbocycles. The van der Waals surface area contributed by atoms with Crippen molar-refractivity contribution < 1.29 is 24.1 Å². The Morgan fingerprint density at radius 2 is 2.19 bits per heavy atom. The molecule has 0 unspecified atom stereocenters. The van der Waals surface area contributed by atoms with Gasteiger partial charge in [-0.1, -0.05) is 13.0 Å². The molecule has 26 heavy (non-hydrogen) atoms. The molecule has 3 aliphatic rings. The van der Waals surface area contributed by atoms with Gasteiger partial charge in [-0.25, -0.2) is 4.39 Å². The zero-order valence-corrected chi connectivity index (χ0v) is 15.2. The van der Waals surface area contributed by atoms with Gasteiger partial charge in [-0.05, 0) is 78.5 Å². The molecule has 2 saturated carbocycles. The number of aliphatic hydroxyl groups excluding tert-OH is 1. The van der Waals surface area contributed by atoms with Gasteiger partial charge in [0.05, 0.1) is 12.0 Å². The van der Waals surface area contributed by atoms with Crippen LogP contribution in [-0.4, -0.2) is 35.6 Å². The van der Waals surface area contributed by atoms with Crippen LogP contribution in [0.2, 0.25) is 0 Å². The standard InChI is InChI=1S/C21H27FO4/c1-21-7-6-15-14-5-3-13(23)10-12(14)2-4-16(15)18(21)11-17(19(21)24)20(25)26-9-8-22/h3,5,10,15-19,23-24H,2,4,6-9,11H2,1H3/t15-,16-,17-,18+,19+,21+/m1/s1. The van der Waals surface area contributed by atoms with E-state index in [9.17, 15) is 19.4 Å². The first-order chi connectivity index (χ1) is 12.5. The maximum absolute atomic E-state index is 12.3. The summed E-state index contributed by atoms with van der Waals surface area (Å²) in [5.41, 5.74) is 2.26. The third-order valence-corrected chi connectivity index (χ3v) is 7.34. The minimum Gasteiger partial charge on any atom is -0.508 e. The largest absolute Gasteiger partial charge is 0.508 e. The van der Waals surface area contributed by atoms with Crippen LogP contribution in [-0.2, 0) is 16.0 Å². The van der Waals surface area contributed by atoms with E-state index in [1.54, 1.807) is 6.07 Å². The number of hydrogen-bond acceptors (Lipinski definition) is 4. The summed E-state index contributed by atoms with van der Waals surface area (Å²) in [4.78, 5) is 12.3. The molecule has 0 saturated heterocycles. The summed E-state index contributed by atoms with van der Waals surface area (Å²) in [6, 6.07) is 5.68. The van der Waals surface area contributed by atoms with Gasteiger partial charge in [-0.15, -0.1) is 0 Å². The summed E-state index contributed by atoms with van der Waals surface area (Å²) in [5, 5.41) is 20.7. The predicted octanol–water partition coefficient (Wildman–Crippen LogP) is 3.35. The first-order valence-corrected chi connectivity index (χ1v) is 9.68. The van der Waals surface area contributed by atoms with Crippen LogP contribution in [0.5, 0.6) is 5.75 Å². The molecule has 0 heterocycles. The average molecular weight is 362 g/mol. The number of aryl methyl sites for hydroxylation is 1. The summed E-state index contributed by atoms with van der Waals surface area (Å²) in [6.07, 6.45) is 3.69. The van der Waals surface area contributed by atoms with Gasteiger partial charge in [0.2, 0.25) is 0 Å². The minimum absolute atomic E-state index is 0.230. The second kappa shape index (κ2) is 6.52. The van der Waals surface area contributed by atoms with Crippen molar-refractivity contribution in [1.29, 1.82) is 0 Å². The van der Waals surface area contributed by atoms with E-state index in [2.05, 4.69) is 6.92 Å². The monoisotopic (exact) mass is 362 g/mol. The van der Waals surface area contributed by atoms with Gasteiger partial charge in [-0.3, -0.25) is 4.79 Å². The molecule has 0 radical (unpaired) electrons. The van der Waals surface area contributed by atoms with Crippen LogP contribution in [0.15, 0.2) is 18.2 Å². The normalized spacial score (nSPS) is 38.2. The molecule has 2 fully saturated rings. The van der Waals surface area contributed by atoms with Crippen LogP contribution in [0.1, 0.15) is 49.7 Å². The number of alkyl halides is 1. The molecule has 0 spiro atoms. The van der Waals surface area contributed by atoms with E-state index in [1.165, 1.54) is 11.1 Å². The molecule has 0 bridgehead atoms. The zero-order chi connectivity index (χ0) is 18.5. The highest BCUT2D eigenvalue weighted by molar-refractivity contribution is 5.74. The summed E-state index contributed by atoms with van der Waals surface area (Å²) >= 11 is 0. The number of benzene rings is 1. The van der Waals surface area contributed by atoms with E-state index in [0.717, 1.165) is 25.7 Å². The fourth-order valence-corrected chi connectivity index (χ4v) is 6.06. The van der Waals surface area contributed by atoms with Crippen molar-refractivity contribution >= 4 is 5.97 Å². The fraction of sp³-hybridized carbons (Fsp3) is 0.667. The SMILES string of the molecule is C[C@]12CC[C@@H]3c4ccc(O)cc4CC[C@H]3[C@@H]1C[C@@H](C(=O)OCCF)[C@@H]2O. The second-order valence-corrected chi connectivity index (χ2v) is 8.49.